The van der Waals surface area contributed by atoms with Crippen molar-refractivity contribution < 1.29 is 9.53 Å². The molecule has 2 aromatic rings. The largest absolute Gasteiger partial charge is 0.461 e. The number of nitrogens with zero attached hydrogens (tertiary/aromatic N) is 1. The van der Waals surface area contributed by atoms with Crippen LogP contribution >= 0.6 is 35.4 Å². The Hall–Kier alpha value is -1.30. The number of fused-ring (bicyclic) bond motifs is 1. The number of halogens is 2. The van der Waals surface area contributed by atoms with Gasteiger partial charge >= 0.3 is 0 Å². The molecule has 0 aliphatic heterocycles. The van der Waals surface area contributed by atoms with Crippen LogP contribution in [0.3, 0.4) is 0 Å². The van der Waals surface area contributed by atoms with Crippen LogP contribution in [0, 0.1) is 4.77 Å². The lowest BCUT2D eigenvalue weighted by molar-refractivity contribution is 0.0955. The summed E-state index contributed by atoms with van der Waals surface area (Å²) >= 11 is 16.3. The first kappa shape index (κ1) is 14.6. The Balaban J connectivity index is 1.91. The second kappa shape index (κ2) is 5.83. The zero-order chi connectivity index (χ0) is 15.0. The van der Waals surface area contributed by atoms with Crippen LogP contribution in [0.1, 0.15) is 28.2 Å². The highest BCUT2D eigenvalue weighted by Gasteiger charge is 2.22. The van der Waals surface area contributed by atoms with Crippen LogP contribution < -0.4 is 4.74 Å². The van der Waals surface area contributed by atoms with Gasteiger partial charge in [-0.25, -0.2) is 0 Å². The van der Waals surface area contributed by atoms with Crippen LogP contribution in [-0.2, 0) is 12.8 Å². The first-order valence-corrected chi connectivity index (χ1v) is 7.76. The molecule has 1 aliphatic rings. The Morgan fingerprint density at radius 1 is 1.29 bits per heavy atom. The molecular weight excluding hydrogens is 331 g/mol. The number of imidazole rings is 1. The third-order valence-corrected chi connectivity index (χ3v) is 3.91. The molecule has 1 aromatic heterocycles. The normalized spacial score (nSPS) is 13.5. The van der Waals surface area contributed by atoms with Crippen LogP contribution in [0.4, 0.5) is 0 Å². The Labute approximate surface area is 136 Å². The fraction of sp³-hybridized carbons (Fsp3) is 0.286. The van der Waals surface area contributed by atoms with Gasteiger partial charge in [-0.15, -0.1) is 0 Å². The van der Waals surface area contributed by atoms with Crippen LogP contribution in [0.25, 0.3) is 0 Å². The molecule has 21 heavy (non-hydrogen) atoms. The quantitative estimate of drug-likeness (QED) is 0.680. The van der Waals surface area contributed by atoms with Crippen molar-refractivity contribution in [1.29, 1.82) is 0 Å². The average Bonchev–Trinajstić information content (AvgIpc) is 2.98. The van der Waals surface area contributed by atoms with Crippen molar-refractivity contribution in [3.63, 3.8) is 0 Å². The van der Waals surface area contributed by atoms with Gasteiger partial charge in [0.25, 0.3) is 5.91 Å². The molecule has 4 nitrogen and oxygen atoms in total. The smallest absolute Gasteiger partial charge is 0.264 e. The molecule has 0 saturated carbocycles. The standard InChI is InChI=1S/C14H12Cl2N2O2S/c15-13(16)20-9-6-4-8(5-7-9)12(19)18-11-3-1-2-10(11)17-14(18)21/h4-7,13H,1-3H2,(H,17,21). The summed E-state index contributed by atoms with van der Waals surface area (Å²) in [5, 5.41) is -0.937. The van der Waals surface area contributed by atoms with Crippen LogP contribution in [0.15, 0.2) is 24.3 Å². The minimum atomic E-state index is -0.937. The van der Waals surface area contributed by atoms with Gasteiger partial charge in [0.05, 0.1) is 0 Å². The van der Waals surface area contributed by atoms with E-state index in [1.165, 1.54) is 0 Å². The van der Waals surface area contributed by atoms with E-state index in [-0.39, 0.29) is 5.91 Å². The number of H-pyrrole nitrogens is 1. The molecule has 7 heteroatoms. The monoisotopic (exact) mass is 342 g/mol. The first-order valence-electron chi connectivity index (χ1n) is 6.48. The fourth-order valence-corrected chi connectivity index (χ4v) is 3.06. The van der Waals surface area contributed by atoms with Crippen molar-refractivity contribution in [1.82, 2.24) is 9.55 Å². The van der Waals surface area contributed by atoms with E-state index >= 15 is 0 Å². The second-order valence-electron chi connectivity index (χ2n) is 4.75. The van der Waals surface area contributed by atoms with E-state index in [1.54, 1.807) is 28.8 Å². The molecule has 1 N–H and O–H groups in total. The molecule has 0 atom stereocenters. The number of carbonyl (C=O) groups excluding carboxylic acids is 1. The maximum Gasteiger partial charge on any atom is 0.264 e. The number of ether oxygens (including phenoxy) is 1. The van der Waals surface area contributed by atoms with Gasteiger partial charge in [0.15, 0.2) is 4.77 Å². The number of hydrogen-bond donors (Lipinski definition) is 1. The molecule has 0 spiro atoms. The zero-order valence-electron chi connectivity index (χ0n) is 10.9. The van der Waals surface area contributed by atoms with Crippen LogP contribution in [0.2, 0.25) is 0 Å². The number of rotatable bonds is 3. The molecule has 1 aromatic carbocycles. The second-order valence-corrected chi connectivity index (χ2v) is 6.16. The van der Waals surface area contributed by atoms with Crippen molar-refractivity contribution in [2.45, 2.75) is 24.3 Å². The van der Waals surface area contributed by atoms with Gasteiger partial charge in [-0.05, 0) is 55.7 Å². The third kappa shape index (κ3) is 2.86. The van der Waals surface area contributed by atoms with Gasteiger partial charge in [0, 0.05) is 17.0 Å². The molecule has 0 fully saturated rings. The van der Waals surface area contributed by atoms with Gasteiger partial charge in [0.1, 0.15) is 5.75 Å². The molecular formula is C14H12Cl2N2O2S. The number of carbonyl (C=O) groups is 1. The maximum absolute atomic E-state index is 12.6. The Kier molecular flexibility index (Phi) is 4.06. The Bertz CT molecular complexity index is 734. The minimum Gasteiger partial charge on any atom is -0.461 e. The van der Waals surface area contributed by atoms with Crippen LogP contribution in [-0.4, -0.2) is 20.5 Å². The summed E-state index contributed by atoms with van der Waals surface area (Å²) in [5.41, 5.74) is 2.60. The van der Waals surface area contributed by atoms with E-state index in [4.69, 9.17) is 40.2 Å². The molecule has 0 amide bonds. The van der Waals surface area contributed by atoms with Crippen molar-refractivity contribution >= 4 is 41.3 Å². The number of aromatic nitrogens is 2. The molecule has 0 bridgehead atoms. The Morgan fingerprint density at radius 3 is 2.67 bits per heavy atom. The van der Waals surface area contributed by atoms with E-state index < -0.39 is 5.02 Å². The van der Waals surface area contributed by atoms with Crippen molar-refractivity contribution in [3.8, 4) is 5.75 Å². The van der Waals surface area contributed by atoms with E-state index in [1.807, 2.05) is 0 Å². The lowest BCUT2D eigenvalue weighted by atomic mass is 10.2. The van der Waals surface area contributed by atoms with E-state index in [0.717, 1.165) is 30.7 Å². The molecule has 110 valence electrons. The highest BCUT2D eigenvalue weighted by molar-refractivity contribution is 7.71. The van der Waals surface area contributed by atoms with E-state index in [9.17, 15) is 4.79 Å². The average molecular weight is 343 g/mol. The van der Waals surface area contributed by atoms with Crippen molar-refractivity contribution in [3.05, 3.63) is 46.0 Å². The van der Waals surface area contributed by atoms with E-state index in [2.05, 4.69) is 4.98 Å². The molecule has 1 heterocycles. The van der Waals surface area contributed by atoms with E-state index in [0.29, 0.717) is 16.1 Å². The summed E-state index contributed by atoms with van der Waals surface area (Å²) in [6.07, 6.45) is 2.86. The summed E-state index contributed by atoms with van der Waals surface area (Å²) in [7, 11) is 0. The number of aromatic amines is 1. The van der Waals surface area contributed by atoms with Crippen molar-refractivity contribution in [2.24, 2.45) is 0 Å². The predicted molar refractivity (Wildman–Crippen MR) is 83.9 cm³/mol. The fourth-order valence-electron chi connectivity index (χ4n) is 2.54. The zero-order valence-corrected chi connectivity index (χ0v) is 13.3. The minimum absolute atomic E-state index is 0.140. The topological polar surface area (TPSA) is 47.0 Å². The first-order chi connectivity index (χ1) is 10.1. The molecule has 1 aliphatic carbocycles. The number of alkyl halides is 2. The Morgan fingerprint density at radius 2 is 2.00 bits per heavy atom. The number of benzene rings is 1. The third-order valence-electron chi connectivity index (χ3n) is 3.45. The van der Waals surface area contributed by atoms with Gasteiger partial charge < -0.3 is 9.72 Å². The predicted octanol–water partition coefficient (Wildman–Crippen LogP) is 3.86. The lowest BCUT2D eigenvalue weighted by Gasteiger charge is -2.08. The lowest BCUT2D eigenvalue weighted by Crippen LogP contribution is -2.14. The SMILES string of the molecule is O=C(c1ccc(OC(Cl)Cl)cc1)n1c2c([nH]c1=S)CCC2. The molecule has 0 saturated heterocycles. The highest BCUT2D eigenvalue weighted by atomic mass is 35.5. The van der Waals surface area contributed by atoms with Gasteiger partial charge in [-0.2, -0.15) is 0 Å². The summed E-state index contributed by atoms with van der Waals surface area (Å²) in [6, 6.07) is 6.65. The summed E-state index contributed by atoms with van der Waals surface area (Å²) < 4.78 is 7.16. The highest BCUT2D eigenvalue weighted by Crippen LogP contribution is 2.23. The summed E-state index contributed by atoms with van der Waals surface area (Å²) in [6.45, 7) is 0. The maximum atomic E-state index is 12.6. The van der Waals surface area contributed by atoms with Gasteiger partial charge in [-0.1, -0.05) is 23.2 Å². The van der Waals surface area contributed by atoms with Gasteiger partial charge in [0.2, 0.25) is 5.02 Å². The number of hydrogen-bond acceptors (Lipinski definition) is 3. The summed E-state index contributed by atoms with van der Waals surface area (Å²) in [4.78, 5) is 15.7. The van der Waals surface area contributed by atoms with Gasteiger partial charge in [-0.3, -0.25) is 9.36 Å². The summed E-state index contributed by atoms with van der Waals surface area (Å²) in [5.74, 6) is 0.365. The number of aryl methyl sites for hydroxylation is 1. The van der Waals surface area contributed by atoms with Crippen LogP contribution in [0.5, 0.6) is 5.75 Å². The molecule has 0 unspecified atom stereocenters. The van der Waals surface area contributed by atoms with Crippen molar-refractivity contribution in [2.75, 3.05) is 0 Å². The molecule has 3 rings (SSSR count). The number of nitrogens with one attached hydrogen (secondary N) is 1. The molecule has 0 radical (unpaired) electrons.